The SMILES string of the molecule is C[C@@H]1CCN(C)c2ccccc2N1C(=O)Cc1c[nH]c2ncccc12. The first-order valence-corrected chi connectivity index (χ1v) is 8.68. The van der Waals surface area contributed by atoms with Crippen molar-refractivity contribution in [3.63, 3.8) is 0 Å². The Morgan fingerprint density at radius 1 is 1.24 bits per heavy atom. The second kappa shape index (κ2) is 6.24. The van der Waals surface area contributed by atoms with Crippen molar-refractivity contribution in [1.82, 2.24) is 9.97 Å². The predicted molar refractivity (Wildman–Crippen MR) is 101 cm³/mol. The highest BCUT2D eigenvalue weighted by atomic mass is 16.2. The van der Waals surface area contributed by atoms with Gasteiger partial charge in [-0.05, 0) is 43.2 Å². The molecule has 1 aromatic carbocycles. The van der Waals surface area contributed by atoms with Crippen molar-refractivity contribution >= 4 is 28.3 Å². The molecule has 3 aromatic rings. The monoisotopic (exact) mass is 334 g/mol. The van der Waals surface area contributed by atoms with Gasteiger partial charge in [0.1, 0.15) is 5.65 Å². The Balaban J connectivity index is 1.70. The topological polar surface area (TPSA) is 52.2 Å². The lowest BCUT2D eigenvalue weighted by molar-refractivity contribution is -0.118. The summed E-state index contributed by atoms with van der Waals surface area (Å²) in [5.74, 6) is 0.125. The highest BCUT2D eigenvalue weighted by Gasteiger charge is 2.28. The molecule has 0 spiro atoms. The van der Waals surface area contributed by atoms with Crippen molar-refractivity contribution in [2.24, 2.45) is 0 Å². The summed E-state index contributed by atoms with van der Waals surface area (Å²) in [6.07, 6.45) is 4.98. The van der Waals surface area contributed by atoms with Crippen molar-refractivity contribution in [1.29, 1.82) is 0 Å². The molecule has 4 rings (SSSR count). The van der Waals surface area contributed by atoms with Gasteiger partial charge in [0.25, 0.3) is 0 Å². The second-order valence-corrected chi connectivity index (χ2v) is 6.70. The van der Waals surface area contributed by atoms with Gasteiger partial charge in [0.05, 0.1) is 17.8 Å². The van der Waals surface area contributed by atoms with E-state index >= 15 is 0 Å². The molecular weight excluding hydrogens is 312 g/mol. The molecule has 1 atom stereocenters. The van der Waals surface area contributed by atoms with Crippen molar-refractivity contribution < 1.29 is 4.79 Å². The number of hydrogen-bond donors (Lipinski definition) is 1. The van der Waals surface area contributed by atoms with Gasteiger partial charge < -0.3 is 14.8 Å². The van der Waals surface area contributed by atoms with E-state index < -0.39 is 0 Å². The Morgan fingerprint density at radius 2 is 2.04 bits per heavy atom. The Bertz CT molecular complexity index is 917. The fraction of sp³-hybridized carbons (Fsp3) is 0.300. The molecule has 2 aromatic heterocycles. The Hall–Kier alpha value is -2.82. The lowest BCUT2D eigenvalue weighted by Gasteiger charge is -2.28. The molecular formula is C20H22N4O. The summed E-state index contributed by atoms with van der Waals surface area (Å²) in [6, 6.07) is 12.2. The van der Waals surface area contributed by atoms with Gasteiger partial charge in [-0.3, -0.25) is 4.79 Å². The summed E-state index contributed by atoms with van der Waals surface area (Å²) in [4.78, 5) is 24.9. The van der Waals surface area contributed by atoms with E-state index in [0.29, 0.717) is 6.42 Å². The number of H-pyrrole nitrogens is 1. The third kappa shape index (κ3) is 2.76. The van der Waals surface area contributed by atoms with Crippen LogP contribution in [0.15, 0.2) is 48.8 Å². The van der Waals surface area contributed by atoms with Crippen molar-refractivity contribution in [3.05, 3.63) is 54.4 Å². The molecule has 3 heterocycles. The van der Waals surface area contributed by atoms with Crippen molar-refractivity contribution in [2.45, 2.75) is 25.8 Å². The quantitative estimate of drug-likeness (QED) is 0.782. The van der Waals surface area contributed by atoms with Crippen LogP contribution in [0.3, 0.4) is 0 Å². The minimum absolute atomic E-state index is 0.125. The van der Waals surface area contributed by atoms with E-state index in [4.69, 9.17) is 0 Å². The molecule has 0 unspecified atom stereocenters. The summed E-state index contributed by atoms with van der Waals surface area (Å²) in [6.45, 7) is 3.07. The summed E-state index contributed by atoms with van der Waals surface area (Å²) < 4.78 is 0. The van der Waals surface area contributed by atoms with E-state index in [1.807, 2.05) is 41.4 Å². The normalized spacial score (nSPS) is 17.4. The van der Waals surface area contributed by atoms with Crippen LogP contribution in [0.1, 0.15) is 18.9 Å². The average molecular weight is 334 g/mol. The molecule has 0 saturated carbocycles. The van der Waals surface area contributed by atoms with Gasteiger partial charge in [-0.1, -0.05) is 12.1 Å². The first-order chi connectivity index (χ1) is 12.1. The molecule has 0 radical (unpaired) electrons. The Morgan fingerprint density at radius 3 is 2.88 bits per heavy atom. The van der Waals surface area contributed by atoms with Crippen LogP contribution in [0, 0.1) is 0 Å². The predicted octanol–water partition coefficient (Wildman–Crippen LogP) is 3.37. The maximum Gasteiger partial charge on any atom is 0.231 e. The molecule has 0 bridgehead atoms. The van der Waals surface area contributed by atoms with E-state index in [1.165, 1.54) is 0 Å². The molecule has 1 N–H and O–H groups in total. The molecule has 1 amide bonds. The number of anilines is 2. The number of para-hydroxylation sites is 2. The molecule has 0 aliphatic carbocycles. The highest BCUT2D eigenvalue weighted by Crippen LogP contribution is 2.34. The number of pyridine rings is 1. The van der Waals surface area contributed by atoms with Gasteiger partial charge in [-0.15, -0.1) is 0 Å². The number of carbonyl (C=O) groups is 1. The molecule has 5 nitrogen and oxygen atoms in total. The van der Waals surface area contributed by atoms with Crippen LogP contribution in [-0.4, -0.2) is 35.5 Å². The minimum Gasteiger partial charge on any atom is -0.373 e. The molecule has 25 heavy (non-hydrogen) atoms. The number of nitrogens with zero attached hydrogens (tertiary/aromatic N) is 3. The summed E-state index contributed by atoms with van der Waals surface area (Å²) >= 11 is 0. The van der Waals surface area contributed by atoms with E-state index in [-0.39, 0.29) is 11.9 Å². The van der Waals surface area contributed by atoms with Crippen LogP contribution in [-0.2, 0) is 11.2 Å². The third-order valence-corrected chi connectivity index (χ3v) is 5.02. The number of hydrogen-bond acceptors (Lipinski definition) is 3. The molecule has 1 aliphatic heterocycles. The average Bonchev–Trinajstić information content (AvgIpc) is 2.97. The Kier molecular flexibility index (Phi) is 3.92. The number of benzene rings is 1. The molecule has 0 fully saturated rings. The van der Waals surface area contributed by atoms with Gasteiger partial charge in [0, 0.05) is 37.4 Å². The van der Waals surface area contributed by atoms with Crippen LogP contribution < -0.4 is 9.80 Å². The number of fused-ring (bicyclic) bond motifs is 2. The lowest BCUT2D eigenvalue weighted by Crippen LogP contribution is -2.39. The van der Waals surface area contributed by atoms with Crippen LogP contribution in [0.2, 0.25) is 0 Å². The third-order valence-electron chi connectivity index (χ3n) is 5.02. The van der Waals surface area contributed by atoms with E-state index in [9.17, 15) is 4.79 Å². The van der Waals surface area contributed by atoms with Crippen LogP contribution in [0.25, 0.3) is 11.0 Å². The van der Waals surface area contributed by atoms with Gasteiger partial charge in [0.15, 0.2) is 0 Å². The number of carbonyl (C=O) groups excluding carboxylic acids is 1. The number of aromatic amines is 1. The number of nitrogens with one attached hydrogen (secondary N) is 1. The fourth-order valence-corrected chi connectivity index (χ4v) is 3.65. The molecule has 5 heteroatoms. The summed E-state index contributed by atoms with van der Waals surface area (Å²) in [5, 5.41) is 1.02. The zero-order chi connectivity index (χ0) is 17.4. The van der Waals surface area contributed by atoms with Gasteiger partial charge in [0.2, 0.25) is 5.91 Å². The van der Waals surface area contributed by atoms with Crippen molar-refractivity contribution in [2.75, 3.05) is 23.4 Å². The zero-order valence-corrected chi connectivity index (χ0v) is 14.6. The maximum absolute atomic E-state index is 13.2. The second-order valence-electron chi connectivity index (χ2n) is 6.70. The van der Waals surface area contributed by atoms with Gasteiger partial charge >= 0.3 is 0 Å². The highest BCUT2D eigenvalue weighted by molar-refractivity contribution is 6.00. The van der Waals surface area contributed by atoms with Gasteiger partial charge in [-0.2, -0.15) is 0 Å². The van der Waals surface area contributed by atoms with Crippen LogP contribution in [0.5, 0.6) is 0 Å². The lowest BCUT2D eigenvalue weighted by atomic mass is 10.1. The molecule has 0 saturated heterocycles. The summed E-state index contributed by atoms with van der Waals surface area (Å²) in [7, 11) is 2.09. The smallest absolute Gasteiger partial charge is 0.231 e. The van der Waals surface area contributed by atoms with E-state index in [2.05, 4.69) is 34.9 Å². The largest absolute Gasteiger partial charge is 0.373 e. The molecule has 1 aliphatic rings. The maximum atomic E-state index is 13.2. The van der Waals surface area contributed by atoms with Crippen LogP contribution in [0.4, 0.5) is 11.4 Å². The van der Waals surface area contributed by atoms with Crippen molar-refractivity contribution in [3.8, 4) is 0 Å². The fourth-order valence-electron chi connectivity index (χ4n) is 3.65. The number of rotatable bonds is 2. The van der Waals surface area contributed by atoms with Crippen LogP contribution >= 0.6 is 0 Å². The number of amides is 1. The molecule has 128 valence electrons. The van der Waals surface area contributed by atoms with E-state index in [1.54, 1.807) is 6.20 Å². The standard InChI is InChI=1S/C20H22N4O/c1-14-9-11-23(2)17-7-3-4-8-18(17)24(14)19(25)12-15-13-22-20-16(15)6-5-10-21-20/h3-8,10,13-14H,9,11-12H2,1-2H3,(H,21,22)/t14-/m1/s1. The van der Waals surface area contributed by atoms with E-state index in [0.717, 1.165) is 40.9 Å². The minimum atomic E-state index is 0.125. The first kappa shape index (κ1) is 15.7. The zero-order valence-electron chi connectivity index (χ0n) is 14.6. The first-order valence-electron chi connectivity index (χ1n) is 8.68. The Labute approximate surface area is 147 Å². The van der Waals surface area contributed by atoms with Gasteiger partial charge in [-0.25, -0.2) is 4.98 Å². The number of aromatic nitrogens is 2. The summed E-state index contributed by atoms with van der Waals surface area (Å²) in [5.41, 5.74) is 3.93.